The quantitative estimate of drug-likeness (QED) is 0.177. The van der Waals surface area contributed by atoms with Gasteiger partial charge >= 0.3 is 0 Å². The van der Waals surface area contributed by atoms with Crippen LogP contribution in [0.2, 0.25) is 0 Å². The fourth-order valence-electron chi connectivity index (χ4n) is 7.58. The molecule has 0 aliphatic carbocycles. The predicted octanol–water partition coefficient (Wildman–Crippen LogP) is 11.3. The number of hydrogen-bond donors (Lipinski definition) is 0. The average molecular weight is 656 g/mol. The van der Waals surface area contributed by atoms with E-state index in [2.05, 4.69) is 132 Å². The number of pyridine rings is 2. The molecule has 0 spiro atoms. The molecule has 0 radical (unpaired) electrons. The zero-order valence-electron chi connectivity index (χ0n) is 26.6. The predicted molar refractivity (Wildman–Crippen MR) is 205 cm³/mol. The van der Waals surface area contributed by atoms with Crippen molar-refractivity contribution in [1.82, 2.24) is 24.5 Å². The molecule has 0 saturated heterocycles. The largest absolute Gasteiger partial charge is 0.278 e. The van der Waals surface area contributed by atoms with Crippen LogP contribution in [-0.2, 0) is 0 Å². The highest BCUT2D eigenvalue weighted by Crippen LogP contribution is 2.47. The highest BCUT2D eigenvalue weighted by atomic mass is 32.2. The van der Waals surface area contributed by atoms with Crippen LogP contribution in [0.5, 0.6) is 0 Å². The van der Waals surface area contributed by atoms with E-state index in [0.29, 0.717) is 5.95 Å². The molecule has 232 valence electrons. The van der Waals surface area contributed by atoms with Gasteiger partial charge in [-0.05, 0) is 65.0 Å². The Kier molecular flexibility index (Phi) is 5.82. The van der Waals surface area contributed by atoms with Crippen molar-refractivity contribution in [3.05, 3.63) is 152 Å². The molecule has 10 aromatic rings. The topological polar surface area (TPSA) is 56.5 Å². The monoisotopic (exact) mass is 655 g/mol. The summed E-state index contributed by atoms with van der Waals surface area (Å²) in [6, 6.07) is 51.1. The molecule has 5 nitrogen and oxygen atoms in total. The number of fused-ring (bicyclic) bond motifs is 8. The van der Waals surface area contributed by atoms with Crippen molar-refractivity contribution in [2.75, 3.05) is 0 Å². The normalized spacial score (nSPS) is 12.3. The van der Waals surface area contributed by atoms with E-state index >= 15 is 0 Å². The Hall–Kier alpha value is -6.37. The molecule has 0 saturated carbocycles. The molecule has 4 aromatic heterocycles. The van der Waals surface area contributed by atoms with Gasteiger partial charge in [0.15, 0.2) is 0 Å². The van der Waals surface area contributed by atoms with Crippen LogP contribution in [0, 0.1) is 0 Å². The van der Waals surface area contributed by atoms with Gasteiger partial charge in [-0.2, -0.15) is 0 Å². The molecule has 0 amide bonds. The third-order valence-corrected chi connectivity index (χ3v) is 10.9. The molecule has 1 aliphatic rings. The summed E-state index contributed by atoms with van der Waals surface area (Å²) in [5.74, 6) is 0.658. The highest BCUT2D eigenvalue weighted by Gasteiger charge is 2.23. The van der Waals surface area contributed by atoms with E-state index in [0.717, 1.165) is 82.1 Å². The molecule has 6 heteroatoms. The molecule has 0 bridgehead atoms. The van der Waals surface area contributed by atoms with Crippen molar-refractivity contribution in [2.24, 2.45) is 0 Å². The lowest BCUT2D eigenvalue weighted by molar-refractivity contribution is 1.01. The minimum absolute atomic E-state index is 0.658. The van der Waals surface area contributed by atoms with Crippen molar-refractivity contribution in [3.8, 4) is 39.6 Å². The lowest BCUT2D eigenvalue weighted by Gasteiger charge is -2.19. The SMILES string of the molecule is c1ccc(-c2nc(-n3c4ccccc4c4cc(-c5ccc6nc7c8c(nccc8c6c5)-c5ccccc5S7)ccc43)nc3ccccc23)cc1. The van der Waals surface area contributed by atoms with Crippen molar-refractivity contribution < 1.29 is 0 Å². The highest BCUT2D eigenvalue weighted by molar-refractivity contribution is 7.99. The first-order valence-corrected chi connectivity index (χ1v) is 17.5. The van der Waals surface area contributed by atoms with Gasteiger partial charge in [-0.1, -0.05) is 109 Å². The second-order valence-corrected chi connectivity index (χ2v) is 13.7. The summed E-state index contributed by atoms with van der Waals surface area (Å²) in [6.07, 6.45) is 1.93. The van der Waals surface area contributed by atoms with Gasteiger partial charge in [0, 0.05) is 49.2 Å². The van der Waals surface area contributed by atoms with Crippen LogP contribution in [-0.4, -0.2) is 24.5 Å². The van der Waals surface area contributed by atoms with E-state index in [1.165, 1.54) is 15.8 Å². The summed E-state index contributed by atoms with van der Waals surface area (Å²) < 4.78 is 2.20. The van der Waals surface area contributed by atoms with E-state index in [1.807, 2.05) is 24.4 Å². The summed E-state index contributed by atoms with van der Waals surface area (Å²) in [5.41, 5.74) is 10.5. The van der Waals surface area contributed by atoms with E-state index < -0.39 is 0 Å². The van der Waals surface area contributed by atoms with Gasteiger partial charge < -0.3 is 0 Å². The van der Waals surface area contributed by atoms with Gasteiger partial charge in [-0.25, -0.2) is 15.0 Å². The Bertz CT molecular complexity index is 3020. The Morgan fingerprint density at radius 3 is 2.10 bits per heavy atom. The van der Waals surface area contributed by atoms with Crippen LogP contribution < -0.4 is 0 Å². The zero-order chi connectivity index (χ0) is 32.8. The molecular formula is C44H25N5S. The number of benzene rings is 6. The molecule has 1 aliphatic heterocycles. The number of nitrogens with zero attached hydrogens (tertiary/aromatic N) is 5. The molecule has 0 fully saturated rings. The van der Waals surface area contributed by atoms with E-state index in [9.17, 15) is 0 Å². The van der Waals surface area contributed by atoms with Gasteiger partial charge in [0.1, 0.15) is 5.03 Å². The van der Waals surface area contributed by atoms with Crippen LogP contribution in [0.3, 0.4) is 0 Å². The molecule has 0 unspecified atom stereocenters. The molecule has 6 aromatic carbocycles. The van der Waals surface area contributed by atoms with Crippen molar-refractivity contribution in [2.45, 2.75) is 9.92 Å². The average Bonchev–Trinajstić information content (AvgIpc) is 3.51. The Morgan fingerprint density at radius 1 is 0.460 bits per heavy atom. The standard InChI is InChI=1S/C44H25N5S/c1-2-10-26(11-3-1)41-31-13-4-7-15-35(31)47-44(48-41)49-37-16-8-5-12-29(37)34-25-28(19-21-38(34)49)27-18-20-36-33(24-27)30-22-23-45-42-32-14-6-9-17-39(32)50-43(46-36)40(30)42/h1-25H. The minimum Gasteiger partial charge on any atom is -0.278 e. The van der Waals surface area contributed by atoms with Crippen LogP contribution in [0.25, 0.3) is 94.0 Å². The third kappa shape index (κ3) is 4.03. The molecular weight excluding hydrogens is 631 g/mol. The summed E-state index contributed by atoms with van der Waals surface area (Å²) >= 11 is 1.73. The fraction of sp³-hybridized carbons (Fsp3) is 0. The maximum Gasteiger partial charge on any atom is 0.235 e. The Labute approximate surface area is 290 Å². The lowest BCUT2D eigenvalue weighted by Crippen LogP contribution is -2.03. The van der Waals surface area contributed by atoms with Crippen LogP contribution in [0.15, 0.2) is 162 Å². The first-order chi connectivity index (χ1) is 24.8. The summed E-state index contributed by atoms with van der Waals surface area (Å²) in [4.78, 5) is 21.5. The lowest BCUT2D eigenvalue weighted by atomic mass is 9.97. The van der Waals surface area contributed by atoms with Crippen molar-refractivity contribution in [1.29, 1.82) is 0 Å². The molecule has 5 heterocycles. The van der Waals surface area contributed by atoms with Gasteiger partial charge in [0.25, 0.3) is 0 Å². The second-order valence-electron chi connectivity index (χ2n) is 12.7. The number of para-hydroxylation sites is 2. The van der Waals surface area contributed by atoms with Crippen molar-refractivity contribution >= 4 is 66.1 Å². The maximum atomic E-state index is 5.24. The fourth-order valence-corrected chi connectivity index (χ4v) is 8.66. The number of rotatable bonds is 3. The van der Waals surface area contributed by atoms with Gasteiger partial charge in [-0.15, -0.1) is 0 Å². The molecule has 0 N–H and O–H groups in total. The summed E-state index contributed by atoms with van der Waals surface area (Å²) in [6.45, 7) is 0. The smallest absolute Gasteiger partial charge is 0.235 e. The first kappa shape index (κ1) is 27.6. The van der Waals surface area contributed by atoms with Gasteiger partial charge in [0.05, 0.1) is 33.5 Å². The minimum atomic E-state index is 0.658. The van der Waals surface area contributed by atoms with E-state index in [-0.39, 0.29) is 0 Å². The van der Waals surface area contributed by atoms with Gasteiger partial charge in [-0.3, -0.25) is 9.55 Å². The van der Waals surface area contributed by atoms with E-state index in [4.69, 9.17) is 19.9 Å². The number of aromatic nitrogens is 5. The Morgan fingerprint density at radius 2 is 1.18 bits per heavy atom. The van der Waals surface area contributed by atoms with Crippen LogP contribution >= 0.6 is 11.8 Å². The molecule has 11 rings (SSSR count). The molecule has 0 atom stereocenters. The Balaban J connectivity index is 1.11. The van der Waals surface area contributed by atoms with Crippen LogP contribution in [0.1, 0.15) is 0 Å². The molecule has 50 heavy (non-hydrogen) atoms. The van der Waals surface area contributed by atoms with Crippen molar-refractivity contribution in [3.63, 3.8) is 0 Å². The van der Waals surface area contributed by atoms with E-state index in [1.54, 1.807) is 11.8 Å². The number of hydrogen-bond acceptors (Lipinski definition) is 5. The van der Waals surface area contributed by atoms with Crippen LogP contribution in [0.4, 0.5) is 0 Å². The zero-order valence-corrected chi connectivity index (χ0v) is 27.4. The summed E-state index contributed by atoms with van der Waals surface area (Å²) in [7, 11) is 0. The maximum absolute atomic E-state index is 5.24. The third-order valence-electron chi connectivity index (χ3n) is 9.87. The second kappa shape index (κ2) is 10.6. The van der Waals surface area contributed by atoms with Gasteiger partial charge in [0.2, 0.25) is 5.95 Å². The first-order valence-electron chi connectivity index (χ1n) is 16.6. The summed E-state index contributed by atoms with van der Waals surface area (Å²) in [5, 5.41) is 7.81.